The first kappa shape index (κ1) is 15.6. The Morgan fingerprint density at radius 2 is 1.57 bits per heavy atom. The third-order valence-electron chi connectivity index (χ3n) is 3.68. The molecule has 0 fully saturated rings. The van der Waals surface area contributed by atoms with Crippen LogP contribution in [-0.4, -0.2) is 20.2 Å². The van der Waals surface area contributed by atoms with Gasteiger partial charge < -0.3 is 10.1 Å². The van der Waals surface area contributed by atoms with E-state index < -0.39 is 0 Å². The fraction of sp³-hybridized carbons (Fsp3) is 0.368. The van der Waals surface area contributed by atoms with Crippen LogP contribution in [0, 0.1) is 0 Å². The zero-order valence-corrected chi connectivity index (χ0v) is 12.8. The molecule has 0 spiro atoms. The van der Waals surface area contributed by atoms with Crippen LogP contribution in [0.1, 0.15) is 24.0 Å². The van der Waals surface area contributed by atoms with Crippen molar-refractivity contribution in [2.24, 2.45) is 0 Å². The molecule has 0 bridgehead atoms. The van der Waals surface area contributed by atoms with Crippen molar-refractivity contribution in [3.05, 3.63) is 65.7 Å². The van der Waals surface area contributed by atoms with Gasteiger partial charge in [-0.3, -0.25) is 0 Å². The smallest absolute Gasteiger partial charge is 0.122 e. The van der Waals surface area contributed by atoms with E-state index in [0.717, 1.165) is 25.3 Å². The molecule has 2 aromatic carbocycles. The second-order valence-electron chi connectivity index (χ2n) is 5.25. The molecule has 0 saturated carbocycles. The van der Waals surface area contributed by atoms with E-state index in [-0.39, 0.29) is 0 Å². The van der Waals surface area contributed by atoms with Gasteiger partial charge in [0, 0.05) is 0 Å². The van der Waals surface area contributed by atoms with E-state index in [1.54, 1.807) is 7.11 Å². The molecule has 0 heterocycles. The largest absolute Gasteiger partial charge is 0.496 e. The monoisotopic (exact) mass is 283 g/mol. The molecule has 2 heteroatoms. The summed E-state index contributed by atoms with van der Waals surface area (Å²) in [4.78, 5) is 0. The molecular weight excluding hydrogens is 258 g/mol. The fourth-order valence-corrected chi connectivity index (χ4v) is 2.48. The van der Waals surface area contributed by atoms with Crippen molar-refractivity contribution < 1.29 is 4.74 Å². The minimum absolute atomic E-state index is 0.989. The Morgan fingerprint density at radius 1 is 0.810 bits per heavy atom. The van der Waals surface area contributed by atoms with Crippen LogP contribution in [0.15, 0.2) is 54.6 Å². The molecular formula is C19H25NO. The highest BCUT2D eigenvalue weighted by molar-refractivity contribution is 5.33. The lowest BCUT2D eigenvalue weighted by atomic mass is 10.1. The first-order valence-electron chi connectivity index (χ1n) is 7.76. The van der Waals surface area contributed by atoms with Crippen molar-refractivity contribution >= 4 is 0 Å². The quantitative estimate of drug-likeness (QED) is 0.706. The van der Waals surface area contributed by atoms with Crippen LogP contribution in [0.2, 0.25) is 0 Å². The van der Waals surface area contributed by atoms with Crippen molar-refractivity contribution in [1.29, 1.82) is 0 Å². The van der Waals surface area contributed by atoms with Gasteiger partial charge in [-0.15, -0.1) is 0 Å². The van der Waals surface area contributed by atoms with E-state index >= 15 is 0 Å². The van der Waals surface area contributed by atoms with E-state index in [9.17, 15) is 0 Å². The molecule has 1 N–H and O–H groups in total. The first-order chi connectivity index (χ1) is 10.4. The van der Waals surface area contributed by atoms with E-state index in [1.165, 1.54) is 30.4 Å². The number of ether oxygens (including phenoxy) is 1. The average Bonchev–Trinajstić information content (AvgIpc) is 2.55. The molecule has 0 atom stereocenters. The molecule has 0 aliphatic rings. The van der Waals surface area contributed by atoms with Gasteiger partial charge in [-0.05, 0) is 56.0 Å². The number of nitrogens with one attached hydrogen (secondary N) is 1. The Balaban J connectivity index is 1.56. The summed E-state index contributed by atoms with van der Waals surface area (Å²) in [6, 6.07) is 18.9. The number of hydrogen-bond acceptors (Lipinski definition) is 2. The van der Waals surface area contributed by atoms with Crippen LogP contribution >= 0.6 is 0 Å². The van der Waals surface area contributed by atoms with Gasteiger partial charge in [0.15, 0.2) is 0 Å². The predicted molar refractivity (Wildman–Crippen MR) is 88.9 cm³/mol. The summed E-state index contributed by atoms with van der Waals surface area (Å²) in [5.41, 5.74) is 2.71. The third kappa shape index (κ3) is 5.60. The van der Waals surface area contributed by atoms with E-state index in [0.29, 0.717) is 0 Å². The van der Waals surface area contributed by atoms with Crippen molar-refractivity contribution in [2.75, 3.05) is 20.2 Å². The molecule has 2 nitrogen and oxygen atoms in total. The average molecular weight is 283 g/mol. The number of aryl methyl sites for hydroxylation is 1. The van der Waals surface area contributed by atoms with Crippen molar-refractivity contribution in [3.8, 4) is 5.75 Å². The van der Waals surface area contributed by atoms with Crippen LogP contribution in [0.5, 0.6) is 5.75 Å². The molecule has 21 heavy (non-hydrogen) atoms. The highest BCUT2D eigenvalue weighted by Crippen LogP contribution is 2.17. The maximum absolute atomic E-state index is 5.36. The Hall–Kier alpha value is -1.80. The molecule has 0 aromatic heterocycles. The zero-order chi connectivity index (χ0) is 14.8. The SMILES string of the molecule is COc1ccccc1CCNCCCCc1ccccc1. The lowest BCUT2D eigenvalue weighted by molar-refractivity contribution is 0.409. The highest BCUT2D eigenvalue weighted by Gasteiger charge is 2.00. The zero-order valence-electron chi connectivity index (χ0n) is 12.8. The topological polar surface area (TPSA) is 21.3 Å². The second-order valence-corrected chi connectivity index (χ2v) is 5.25. The molecule has 112 valence electrons. The van der Waals surface area contributed by atoms with Crippen molar-refractivity contribution in [2.45, 2.75) is 25.7 Å². The van der Waals surface area contributed by atoms with Gasteiger partial charge in [-0.1, -0.05) is 48.5 Å². The standard InChI is InChI=1S/C19H25NO/c1-21-19-13-6-5-12-18(19)14-16-20-15-8-7-11-17-9-3-2-4-10-17/h2-6,9-10,12-13,20H,7-8,11,14-16H2,1H3. The number of methoxy groups -OCH3 is 1. The second kappa shape index (κ2) is 9.19. The van der Waals surface area contributed by atoms with Crippen LogP contribution in [0.3, 0.4) is 0 Å². The number of hydrogen-bond donors (Lipinski definition) is 1. The van der Waals surface area contributed by atoms with Crippen LogP contribution in [-0.2, 0) is 12.8 Å². The summed E-state index contributed by atoms with van der Waals surface area (Å²) in [6.45, 7) is 2.09. The lowest BCUT2D eigenvalue weighted by Gasteiger charge is -2.09. The van der Waals surface area contributed by atoms with Gasteiger partial charge in [-0.25, -0.2) is 0 Å². The minimum Gasteiger partial charge on any atom is -0.496 e. The van der Waals surface area contributed by atoms with E-state index in [1.807, 2.05) is 12.1 Å². The lowest BCUT2D eigenvalue weighted by Crippen LogP contribution is -2.18. The highest BCUT2D eigenvalue weighted by atomic mass is 16.5. The molecule has 0 amide bonds. The van der Waals surface area contributed by atoms with E-state index in [2.05, 4.69) is 47.8 Å². The van der Waals surface area contributed by atoms with Crippen LogP contribution in [0.4, 0.5) is 0 Å². The maximum Gasteiger partial charge on any atom is 0.122 e. The summed E-state index contributed by atoms with van der Waals surface area (Å²) in [7, 11) is 1.73. The van der Waals surface area contributed by atoms with Gasteiger partial charge >= 0.3 is 0 Å². The number of unbranched alkanes of at least 4 members (excludes halogenated alkanes) is 1. The Bertz CT molecular complexity index is 510. The summed E-state index contributed by atoms with van der Waals surface area (Å²) in [6.07, 6.45) is 4.66. The number of rotatable bonds is 9. The van der Waals surface area contributed by atoms with Crippen molar-refractivity contribution in [3.63, 3.8) is 0 Å². The first-order valence-corrected chi connectivity index (χ1v) is 7.76. The summed E-state index contributed by atoms with van der Waals surface area (Å²) in [5.74, 6) is 0.989. The minimum atomic E-state index is 0.989. The van der Waals surface area contributed by atoms with Gasteiger partial charge in [-0.2, -0.15) is 0 Å². The Labute approximate surface area is 128 Å². The number of para-hydroxylation sites is 1. The molecule has 0 radical (unpaired) electrons. The van der Waals surface area contributed by atoms with Gasteiger partial charge in [0.1, 0.15) is 5.75 Å². The number of benzene rings is 2. The maximum atomic E-state index is 5.36. The van der Waals surface area contributed by atoms with Gasteiger partial charge in [0.2, 0.25) is 0 Å². The normalized spacial score (nSPS) is 10.5. The molecule has 0 unspecified atom stereocenters. The summed E-state index contributed by atoms with van der Waals surface area (Å²) < 4.78 is 5.36. The summed E-state index contributed by atoms with van der Waals surface area (Å²) >= 11 is 0. The van der Waals surface area contributed by atoms with E-state index in [4.69, 9.17) is 4.74 Å². The molecule has 2 rings (SSSR count). The van der Waals surface area contributed by atoms with Gasteiger partial charge in [0.25, 0.3) is 0 Å². The molecule has 0 aliphatic carbocycles. The van der Waals surface area contributed by atoms with Crippen molar-refractivity contribution in [1.82, 2.24) is 5.32 Å². The van der Waals surface area contributed by atoms with Crippen LogP contribution < -0.4 is 10.1 Å². The van der Waals surface area contributed by atoms with Gasteiger partial charge in [0.05, 0.1) is 7.11 Å². The molecule has 0 saturated heterocycles. The third-order valence-corrected chi connectivity index (χ3v) is 3.68. The van der Waals surface area contributed by atoms with Crippen LogP contribution in [0.25, 0.3) is 0 Å². The Morgan fingerprint density at radius 3 is 2.38 bits per heavy atom. The molecule has 2 aromatic rings. The Kier molecular flexibility index (Phi) is 6.82. The molecule has 0 aliphatic heterocycles. The predicted octanol–water partition coefficient (Wildman–Crippen LogP) is 3.85. The summed E-state index contributed by atoms with van der Waals surface area (Å²) in [5, 5.41) is 3.52. The fourth-order valence-electron chi connectivity index (χ4n) is 2.48.